The predicted octanol–water partition coefficient (Wildman–Crippen LogP) is 2.35. The Morgan fingerprint density at radius 3 is 2.95 bits per heavy atom. The van der Waals surface area contributed by atoms with E-state index in [0.29, 0.717) is 16.6 Å². The molecule has 2 fully saturated rings. The van der Waals surface area contributed by atoms with Gasteiger partial charge in [0.1, 0.15) is 5.75 Å². The molecule has 2 saturated heterocycles. The number of halogens is 1. The third-order valence-electron chi connectivity index (χ3n) is 4.39. The highest BCUT2D eigenvalue weighted by molar-refractivity contribution is 6.30. The topological polar surface area (TPSA) is 43.8 Å². The van der Waals surface area contributed by atoms with Crippen LogP contribution in [0.4, 0.5) is 0 Å². The van der Waals surface area contributed by atoms with E-state index in [9.17, 15) is 9.90 Å². The summed E-state index contributed by atoms with van der Waals surface area (Å²) in [4.78, 5) is 17.0. The van der Waals surface area contributed by atoms with Gasteiger partial charge in [0.25, 0.3) is 5.91 Å². The van der Waals surface area contributed by atoms with Crippen molar-refractivity contribution in [2.75, 3.05) is 19.6 Å². The van der Waals surface area contributed by atoms with Crippen LogP contribution in [0.5, 0.6) is 5.75 Å². The summed E-state index contributed by atoms with van der Waals surface area (Å²) in [6, 6.07) is 5.32. The van der Waals surface area contributed by atoms with Gasteiger partial charge in [0, 0.05) is 30.2 Å². The second-order valence-electron chi connectivity index (χ2n) is 5.76. The molecule has 0 bridgehead atoms. The van der Waals surface area contributed by atoms with Crippen LogP contribution in [0.15, 0.2) is 18.2 Å². The number of nitrogens with zero attached hydrogens (tertiary/aromatic N) is 2. The predicted molar refractivity (Wildman–Crippen MR) is 78.2 cm³/mol. The molecule has 0 aromatic heterocycles. The number of carbonyl (C=O) groups is 1. The Morgan fingerprint density at radius 2 is 2.20 bits per heavy atom. The number of benzene rings is 1. The van der Waals surface area contributed by atoms with Gasteiger partial charge in [-0.2, -0.15) is 0 Å². The van der Waals surface area contributed by atoms with Crippen LogP contribution < -0.4 is 0 Å². The molecule has 0 saturated carbocycles. The third-order valence-corrected chi connectivity index (χ3v) is 4.62. The summed E-state index contributed by atoms with van der Waals surface area (Å²) in [6.45, 7) is 4.88. The number of amides is 1. The largest absolute Gasteiger partial charge is 0.507 e. The van der Waals surface area contributed by atoms with Gasteiger partial charge in [-0.15, -0.1) is 0 Å². The monoisotopic (exact) mass is 294 g/mol. The Hall–Kier alpha value is -1.26. The van der Waals surface area contributed by atoms with Crippen LogP contribution in [0.2, 0.25) is 5.02 Å². The lowest BCUT2D eigenvalue weighted by atomic mass is 10.1. The zero-order chi connectivity index (χ0) is 14.3. The molecule has 0 aliphatic carbocycles. The number of phenolic OH excluding ortho intramolecular Hbond substituents is 1. The van der Waals surface area contributed by atoms with Crippen LogP contribution in [-0.2, 0) is 0 Å². The van der Waals surface area contributed by atoms with Gasteiger partial charge in [-0.25, -0.2) is 0 Å². The average Bonchev–Trinajstić information content (AvgIpc) is 2.84. The summed E-state index contributed by atoms with van der Waals surface area (Å²) in [5.74, 6) is -0.137. The highest BCUT2D eigenvalue weighted by atomic mass is 35.5. The molecule has 1 aromatic rings. The van der Waals surface area contributed by atoms with Crippen molar-refractivity contribution in [2.45, 2.75) is 31.8 Å². The van der Waals surface area contributed by atoms with Crippen LogP contribution in [0.25, 0.3) is 0 Å². The van der Waals surface area contributed by atoms with Gasteiger partial charge in [0.05, 0.1) is 5.56 Å². The molecule has 1 aromatic carbocycles. The van der Waals surface area contributed by atoms with E-state index in [1.54, 1.807) is 12.1 Å². The highest BCUT2D eigenvalue weighted by Gasteiger charge is 2.37. The van der Waals surface area contributed by atoms with Crippen molar-refractivity contribution in [3.63, 3.8) is 0 Å². The molecule has 2 unspecified atom stereocenters. The van der Waals surface area contributed by atoms with Crippen molar-refractivity contribution in [1.29, 1.82) is 0 Å². The van der Waals surface area contributed by atoms with Crippen molar-refractivity contribution in [3.8, 4) is 5.75 Å². The molecule has 2 aliphatic heterocycles. The van der Waals surface area contributed by atoms with Crippen LogP contribution in [-0.4, -0.2) is 52.5 Å². The highest BCUT2D eigenvalue weighted by Crippen LogP contribution is 2.28. The number of hydrogen-bond acceptors (Lipinski definition) is 3. The van der Waals surface area contributed by atoms with E-state index in [2.05, 4.69) is 11.8 Å². The number of fused-ring (bicyclic) bond motifs is 1. The summed E-state index contributed by atoms with van der Waals surface area (Å²) in [6.07, 6.45) is 2.37. The molecule has 1 N–H and O–H groups in total. The standard InChI is InChI=1S/C15H19ClN2O2/c1-10-8-17-6-2-3-12(17)9-18(10)15(20)13-5-4-11(16)7-14(13)19/h4-5,7,10,12,19H,2-3,6,8-9H2,1H3. The molecule has 5 heteroatoms. The minimum Gasteiger partial charge on any atom is -0.507 e. The maximum absolute atomic E-state index is 12.6. The van der Waals surface area contributed by atoms with Gasteiger partial charge in [-0.05, 0) is 44.5 Å². The second-order valence-corrected chi connectivity index (χ2v) is 6.20. The first-order chi connectivity index (χ1) is 9.56. The Bertz CT molecular complexity index is 535. The van der Waals surface area contributed by atoms with Crippen LogP contribution >= 0.6 is 11.6 Å². The fraction of sp³-hybridized carbons (Fsp3) is 0.533. The van der Waals surface area contributed by atoms with E-state index in [0.717, 1.165) is 26.1 Å². The smallest absolute Gasteiger partial charge is 0.257 e. The zero-order valence-electron chi connectivity index (χ0n) is 11.6. The first-order valence-corrected chi connectivity index (χ1v) is 7.47. The van der Waals surface area contributed by atoms with E-state index in [4.69, 9.17) is 11.6 Å². The SMILES string of the molecule is CC1CN2CCCC2CN1C(=O)c1ccc(Cl)cc1O. The zero-order valence-corrected chi connectivity index (χ0v) is 12.3. The summed E-state index contributed by atoms with van der Waals surface area (Å²) >= 11 is 5.82. The molecular formula is C15H19ClN2O2. The summed E-state index contributed by atoms with van der Waals surface area (Å²) in [5.41, 5.74) is 0.340. The van der Waals surface area contributed by atoms with Gasteiger partial charge in [0.15, 0.2) is 0 Å². The minimum absolute atomic E-state index is 0.0384. The molecule has 20 heavy (non-hydrogen) atoms. The van der Waals surface area contributed by atoms with E-state index < -0.39 is 0 Å². The van der Waals surface area contributed by atoms with Crippen LogP contribution in [0.1, 0.15) is 30.1 Å². The Morgan fingerprint density at radius 1 is 1.40 bits per heavy atom. The van der Waals surface area contributed by atoms with Gasteiger partial charge >= 0.3 is 0 Å². The molecule has 1 amide bonds. The maximum Gasteiger partial charge on any atom is 0.257 e. The first kappa shape index (κ1) is 13.7. The number of piperazine rings is 1. The lowest BCUT2D eigenvalue weighted by Gasteiger charge is -2.42. The number of carbonyl (C=O) groups excluding carboxylic acids is 1. The molecule has 2 aliphatic rings. The van der Waals surface area contributed by atoms with Crippen LogP contribution in [0.3, 0.4) is 0 Å². The molecule has 3 rings (SSSR count). The van der Waals surface area contributed by atoms with Crippen molar-refractivity contribution >= 4 is 17.5 Å². The van der Waals surface area contributed by atoms with Crippen molar-refractivity contribution in [3.05, 3.63) is 28.8 Å². The Balaban J connectivity index is 1.82. The fourth-order valence-electron chi connectivity index (χ4n) is 3.31. The summed E-state index contributed by atoms with van der Waals surface area (Å²) in [7, 11) is 0. The molecule has 0 spiro atoms. The molecule has 2 atom stereocenters. The molecule has 108 valence electrons. The van der Waals surface area contributed by atoms with Gasteiger partial charge < -0.3 is 10.0 Å². The van der Waals surface area contributed by atoms with Gasteiger partial charge in [-0.1, -0.05) is 11.6 Å². The lowest BCUT2D eigenvalue weighted by molar-refractivity contribution is 0.0393. The van der Waals surface area contributed by atoms with E-state index in [1.807, 2.05) is 4.90 Å². The molecule has 2 heterocycles. The average molecular weight is 295 g/mol. The van der Waals surface area contributed by atoms with Crippen molar-refractivity contribution in [2.24, 2.45) is 0 Å². The summed E-state index contributed by atoms with van der Waals surface area (Å²) < 4.78 is 0. The third kappa shape index (κ3) is 2.38. The second kappa shape index (κ2) is 5.26. The lowest BCUT2D eigenvalue weighted by Crippen LogP contribution is -2.56. The van der Waals surface area contributed by atoms with Crippen LogP contribution in [0, 0.1) is 0 Å². The molecule has 0 radical (unpaired) electrons. The minimum atomic E-state index is -0.0989. The van der Waals surface area contributed by atoms with Gasteiger partial charge in [0.2, 0.25) is 0 Å². The number of rotatable bonds is 1. The van der Waals surface area contributed by atoms with E-state index in [1.165, 1.54) is 12.5 Å². The quantitative estimate of drug-likeness (QED) is 0.865. The number of hydrogen-bond donors (Lipinski definition) is 1. The van der Waals surface area contributed by atoms with Crippen molar-refractivity contribution < 1.29 is 9.90 Å². The number of aromatic hydroxyl groups is 1. The Kier molecular flexibility index (Phi) is 3.61. The summed E-state index contributed by atoms with van der Waals surface area (Å²) in [5, 5.41) is 10.4. The Labute approximate surface area is 123 Å². The van der Waals surface area contributed by atoms with E-state index in [-0.39, 0.29) is 17.7 Å². The fourth-order valence-corrected chi connectivity index (χ4v) is 3.48. The molecule has 4 nitrogen and oxygen atoms in total. The van der Waals surface area contributed by atoms with Gasteiger partial charge in [-0.3, -0.25) is 9.69 Å². The molecular weight excluding hydrogens is 276 g/mol. The normalized spacial score (nSPS) is 26.6. The first-order valence-electron chi connectivity index (χ1n) is 7.10. The maximum atomic E-state index is 12.6. The number of phenols is 1. The van der Waals surface area contributed by atoms with Crippen molar-refractivity contribution in [1.82, 2.24) is 9.80 Å². The van der Waals surface area contributed by atoms with E-state index >= 15 is 0 Å².